The van der Waals surface area contributed by atoms with Gasteiger partial charge in [-0.15, -0.1) is 0 Å². The first-order valence-electron chi connectivity index (χ1n) is 9.34. The van der Waals surface area contributed by atoms with E-state index >= 15 is 0 Å². The van der Waals surface area contributed by atoms with Crippen LogP contribution in [-0.4, -0.2) is 42.3 Å². The van der Waals surface area contributed by atoms with Crippen LogP contribution in [0.1, 0.15) is 40.0 Å². The molecule has 28 heavy (non-hydrogen) atoms. The molecule has 0 aromatic heterocycles. The Hall–Kier alpha value is -3.22. The van der Waals surface area contributed by atoms with Gasteiger partial charge in [-0.2, -0.15) is 0 Å². The molecule has 2 heterocycles. The van der Waals surface area contributed by atoms with Gasteiger partial charge in [0.2, 0.25) is 5.91 Å². The summed E-state index contributed by atoms with van der Waals surface area (Å²) >= 11 is 0. The Balaban J connectivity index is 1.47. The Bertz CT molecular complexity index is 919. The lowest BCUT2D eigenvalue weighted by Gasteiger charge is -2.29. The Kier molecular flexibility index (Phi) is 4.81. The number of anilines is 2. The lowest BCUT2D eigenvalue weighted by molar-refractivity contribution is -0.116. The second-order valence-corrected chi connectivity index (χ2v) is 7.00. The lowest BCUT2D eigenvalue weighted by Crippen LogP contribution is -2.37. The molecule has 2 aliphatic heterocycles. The number of rotatable bonds is 4. The lowest BCUT2D eigenvalue weighted by atomic mass is 10.1. The van der Waals surface area contributed by atoms with E-state index in [1.54, 1.807) is 36.4 Å². The average molecular weight is 381 g/mol. The minimum Gasteiger partial charge on any atom is -0.371 e. The van der Waals surface area contributed by atoms with Crippen molar-refractivity contribution in [2.75, 3.05) is 29.9 Å². The van der Waals surface area contributed by atoms with Crippen LogP contribution in [0, 0.1) is 5.82 Å². The largest absolute Gasteiger partial charge is 0.371 e. The summed E-state index contributed by atoms with van der Waals surface area (Å²) in [5.74, 6) is -2.21. The molecular weight excluding hydrogens is 361 g/mol. The molecule has 6 nitrogen and oxygen atoms in total. The van der Waals surface area contributed by atoms with Gasteiger partial charge in [-0.05, 0) is 49.6 Å². The molecule has 0 bridgehead atoms. The van der Waals surface area contributed by atoms with Gasteiger partial charge in [0, 0.05) is 18.8 Å². The molecular formula is C21H20FN3O3. The third kappa shape index (κ3) is 3.35. The fourth-order valence-corrected chi connectivity index (χ4v) is 3.67. The van der Waals surface area contributed by atoms with E-state index in [1.165, 1.54) is 12.5 Å². The van der Waals surface area contributed by atoms with E-state index in [0.29, 0.717) is 0 Å². The summed E-state index contributed by atoms with van der Waals surface area (Å²) in [7, 11) is 0. The fourth-order valence-electron chi connectivity index (χ4n) is 3.67. The molecule has 2 aromatic rings. The zero-order valence-electron chi connectivity index (χ0n) is 15.3. The number of imide groups is 1. The molecule has 0 saturated carbocycles. The van der Waals surface area contributed by atoms with Gasteiger partial charge in [0.15, 0.2) is 0 Å². The predicted octanol–water partition coefficient (Wildman–Crippen LogP) is 3.05. The van der Waals surface area contributed by atoms with Crippen molar-refractivity contribution >= 4 is 29.1 Å². The van der Waals surface area contributed by atoms with Gasteiger partial charge in [0.1, 0.15) is 12.4 Å². The highest BCUT2D eigenvalue weighted by Gasteiger charge is 2.36. The molecule has 1 saturated heterocycles. The van der Waals surface area contributed by atoms with Crippen molar-refractivity contribution < 1.29 is 18.8 Å². The molecule has 0 atom stereocenters. The maximum absolute atomic E-state index is 14.2. The third-order valence-corrected chi connectivity index (χ3v) is 5.13. The van der Waals surface area contributed by atoms with Gasteiger partial charge in [-0.1, -0.05) is 12.1 Å². The predicted molar refractivity (Wildman–Crippen MR) is 103 cm³/mol. The number of piperidine rings is 1. The Labute approximate surface area is 161 Å². The van der Waals surface area contributed by atoms with E-state index in [1.807, 2.05) is 0 Å². The zero-order chi connectivity index (χ0) is 19.7. The molecule has 1 N–H and O–H groups in total. The van der Waals surface area contributed by atoms with Crippen LogP contribution in [0.4, 0.5) is 15.8 Å². The van der Waals surface area contributed by atoms with Gasteiger partial charge in [0.05, 0.1) is 16.8 Å². The highest BCUT2D eigenvalue weighted by atomic mass is 19.1. The molecule has 0 spiro atoms. The summed E-state index contributed by atoms with van der Waals surface area (Å²) in [5.41, 5.74) is 1.44. The molecule has 0 aliphatic carbocycles. The van der Waals surface area contributed by atoms with Crippen molar-refractivity contribution in [1.82, 2.24) is 4.90 Å². The summed E-state index contributed by atoms with van der Waals surface area (Å²) in [5, 5.41) is 2.50. The molecule has 7 heteroatoms. The molecule has 3 amide bonds. The van der Waals surface area contributed by atoms with E-state index in [9.17, 15) is 18.8 Å². The summed E-state index contributed by atoms with van der Waals surface area (Å²) in [6, 6.07) is 11.0. The minimum atomic E-state index is -0.621. The third-order valence-electron chi connectivity index (χ3n) is 5.13. The number of hydrogen-bond acceptors (Lipinski definition) is 4. The first-order chi connectivity index (χ1) is 13.5. The van der Waals surface area contributed by atoms with Gasteiger partial charge in [-0.25, -0.2) is 4.39 Å². The first-order valence-corrected chi connectivity index (χ1v) is 9.34. The number of nitrogens with zero attached hydrogens (tertiary/aromatic N) is 2. The number of hydrogen-bond donors (Lipinski definition) is 1. The van der Waals surface area contributed by atoms with E-state index < -0.39 is 30.1 Å². The monoisotopic (exact) mass is 381 g/mol. The van der Waals surface area contributed by atoms with E-state index in [0.717, 1.165) is 36.5 Å². The second kappa shape index (κ2) is 7.42. The average Bonchev–Trinajstić information content (AvgIpc) is 2.95. The van der Waals surface area contributed by atoms with Crippen molar-refractivity contribution in [2.45, 2.75) is 19.3 Å². The highest BCUT2D eigenvalue weighted by molar-refractivity contribution is 6.22. The molecule has 2 aromatic carbocycles. The number of fused-ring (bicyclic) bond motifs is 1. The summed E-state index contributed by atoms with van der Waals surface area (Å²) in [6.07, 6.45) is 3.35. The Morgan fingerprint density at radius 1 is 0.964 bits per heavy atom. The smallest absolute Gasteiger partial charge is 0.262 e. The van der Waals surface area contributed by atoms with Crippen LogP contribution >= 0.6 is 0 Å². The van der Waals surface area contributed by atoms with Gasteiger partial charge in [-0.3, -0.25) is 19.3 Å². The second-order valence-electron chi connectivity index (χ2n) is 7.00. The minimum absolute atomic E-state index is 0.0460. The van der Waals surface area contributed by atoms with Crippen molar-refractivity contribution in [1.29, 1.82) is 0 Å². The van der Waals surface area contributed by atoms with Crippen molar-refractivity contribution in [3.63, 3.8) is 0 Å². The van der Waals surface area contributed by atoms with Gasteiger partial charge in [0.25, 0.3) is 11.8 Å². The molecule has 2 aliphatic rings. The number of halogens is 1. The summed E-state index contributed by atoms with van der Waals surface area (Å²) in [6.45, 7) is 1.34. The summed E-state index contributed by atoms with van der Waals surface area (Å²) in [4.78, 5) is 40.2. The van der Waals surface area contributed by atoms with E-state index in [4.69, 9.17) is 0 Å². The van der Waals surface area contributed by atoms with E-state index in [-0.39, 0.29) is 16.8 Å². The van der Waals surface area contributed by atoms with Crippen molar-refractivity contribution in [2.24, 2.45) is 0 Å². The standard InChI is InChI=1S/C21H20FN3O3/c22-17-9-8-14(24-10-4-1-5-11-24)12-18(17)23-19(26)13-25-20(27)15-6-2-3-7-16(15)21(25)28/h2-3,6-9,12H,1,4-5,10-11,13H2,(H,23,26). The maximum atomic E-state index is 14.2. The van der Waals surface area contributed by atoms with Crippen LogP contribution in [-0.2, 0) is 4.79 Å². The summed E-state index contributed by atoms with van der Waals surface area (Å²) < 4.78 is 14.2. The topological polar surface area (TPSA) is 69.7 Å². The van der Waals surface area contributed by atoms with Crippen LogP contribution in [0.2, 0.25) is 0 Å². The van der Waals surface area contributed by atoms with E-state index in [2.05, 4.69) is 10.2 Å². The van der Waals surface area contributed by atoms with Gasteiger partial charge < -0.3 is 10.2 Å². The van der Waals surface area contributed by atoms with Gasteiger partial charge >= 0.3 is 0 Å². The SMILES string of the molecule is O=C(CN1C(=O)c2ccccc2C1=O)Nc1cc(N2CCCCC2)ccc1F. The van der Waals surface area contributed by atoms with Crippen LogP contribution < -0.4 is 10.2 Å². The molecule has 0 radical (unpaired) electrons. The van der Waals surface area contributed by atoms with Crippen LogP contribution in [0.25, 0.3) is 0 Å². The van der Waals surface area contributed by atoms with Crippen LogP contribution in [0.5, 0.6) is 0 Å². The maximum Gasteiger partial charge on any atom is 0.262 e. The first kappa shape index (κ1) is 18.2. The number of benzene rings is 2. The van der Waals surface area contributed by atoms with Crippen LogP contribution in [0.15, 0.2) is 42.5 Å². The molecule has 144 valence electrons. The number of carbonyl (C=O) groups excluding carboxylic acids is 3. The molecule has 0 unspecified atom stereocenters. The van der Waals surface area contributed by atoms with Crippen LogP contribution in [0.3, 0.4) is 0 Å². The Morgan fingerprint density at radius 2 is 1.61 bits per heavy atom. The molecule has 1 fully saturated rings. The highest BCUT2D eigenvalue weighted by Crippen LogP contribution is 2.26. The Morgan fingerprint density at radius 3 is 2.25 bits per heavy atom. The number of nitrogens with one attached hydrogen (secondary N) is 1. The van der Waals surface area contributed by atoms with Crippen molar-refractivity contribution in [3.8, 4) is 0 Å². The van der Waals surface area contributed by atoms with Crippen molar-refractivity contribution in [3.05, 3.63) is 59.4 Å². The quantitative estimate of drug-likeness (QED) is 0.827. The number of carbonyl (C=O) groups is 3. The fraction of sp³-hybridized carbons (Fsp3) is 0.286. The normalized spacial score (nSPS) is 16.3. The number of amides is 3. The zero-order valence-corrected chi connectivity index (χ0v) is 15.3. The molecule has 4 rings (SSSR count).